The molecule has 0 bridgehead atoms. The van der Waals surface area contributed by atoms with Crippen LogP contribution in [0.2, 0.25) is 0 Å². The van der Waals surface area contributed by atoms with Crippen molar-refractivity contribution in [2.75, 3.05) is 13.1 Å². The third-order valence-electron chi connectivity index (χ3n) is 4.70. The third-order valence-corrected chi connectivity index (χ3v) is 4.70. The Morgan fingerprint density at radius 2 is 2.00 bits per heavy atom. The Morgan fingerprint density at radius 1 is 1.23 bits per heavy atom. The Balaban J connectivity index is 1.49. The first kappa shape index (κ1) is 17.8. The van der Waals surface area contributed by atoms with Crippen LogP contribution in [0, 0.1) is 17.2 Å². The SMILES string of the molecule is N#C/C(=C/N1CCC(Cc2ccccc2)CC1)C(=O)NCc1ccco1. The summed E-state index contributed by atoms with van der Waals surface area (Å²) >= 11 is 0. The lowest BCUT2D eigenvalue weighted by atomic mass is 9.90. The van der Waals surface area contributed by atoms with Crippen molar-refractivity contribution in [2.24, 2.45) is 5.92 Å². The number of furan rings is 1. The first-order chi connectivity index (χ1) is 12.7. The Kier molecular flexibility index (Phi) is 6.10. The van der Waals surface area contributed by atoms with E-state index in [9.17, 15) is 10.1 Å². The molecule has 0 saturated carbocycles. The molecule has 1 N–H and O–H groups in total. The number of piperidine rings is 1. The fourth-order valence-electron chi connectivity index (χ4n) is 3.23. The van der Waals surface area contributed by atoms with Crippen LogP contribution in [0.25, 0.3) is 0 Å². The fourth-order valence-corrected chi connectivity index (χ4v) is 3.23. The molecule has 1 aromatic heterocycles. The topological polar surface area (TPSA) is 69.3 Å². The van der Waals surface area contributed by atoms with Crippen LogP contribution in [0.15, 0.2) is 64.9 Å². The van der Waals surface area contributed by atoms with Crippen LogP contribution < -0.4 is 5.32 Å². The van der Waals surface area contributed by atoms with Gasteiger partial charge in [-0.1, -0.05) is 30.3 Å². The molecule has 1 aromatic carbocycles. The van der Waals surface area contributed by atoms with Gasteiger partial charge in [-0.25, -0.2) is 0 Å². The fraction of sp³-hybridized carbons (Fsp3) is 0.333. The highest BCUT2D eigenvalue weighted by Gasteiger charge is 2.19. The Bertz CT molecular complexity index is 767. The molecule has 0 atom stereocenters. The van der Waals surface area contributed by atoms with Gasteiger partial charge in [-0.05, 0) is 42.9 Å². The van der Waals surface area contributed by atoms with Gasteiger partial charge in [-0.15, -0.1) is 0 Å². The number of hydrogen-bond acceptors (Lipinski definition) is 4. The molecule has 2 aromatic rings. The van der Waals surface area contributed by atoms with Crippen molar-refractivity contribution in [1.82, 2.24) is 10.2 Å². The molecule has 0 spiro atoms. The summed E-state index contributed by atoms with van der Waals surface area (Å²) in [6.07, 6.45) is 6.47. The van der Waals surface area contributed by atoms with Crippen molar-refractivity contribution in [3.05, 3.63) is 71.8 Å². The van der Waals surface area contributed by atoms with Crippen molar-refractivity contribution in [1.29, 1.82) is 5.26 Å². The smallest absolute Gasteiger partial charge is 0.263 e. The van der Waals surface area contributed by atoms with Crippen molar-refractivity contribution in [3.63, 3.8) is 0 Å². The first-order valence-electron chi connectivity index (χ1n) is 8.95. The molecule has 26 heavy (non-hydrogen) atoms. The van der Waals surface area contributed by atoms with Gasteiger partial charge in [-0.2, -0.15) is 5.26 Å². The van der Waals surface area contributed by atoms with Gasteiger partial charge >= 0.3 is 0 Å². The molecular weight excluding hydrogens is 326 g/mol. The summed E-state index contributed by atoms with van der Waals surface area (Å²) in [6.45, 7) is 2.02. The molecule has 0 aliphatic carbocycles. The zero-order chi connectivity index (χ0) is 18.2. The van der Waals surface area contributed by atoms with Crippen molar-refractivity contribution in [2.45, 2.75) is 25.8 Å². The molecule has 134 valence electrons. The van der Waals surface area contributed by atoms with Crippen molar-refractivity contribution in [3.8, 4) is 6.07 Å². The first-order valence-corrected chi connectivity index (χ1v) is 8.95. The largest absolute Gasteiger partial charge is 0.467 e. The second-order valence-corrected chi connectivity index (χ2v) is 6.59. The molecule has 2 heterocycles. The van der Waals surface area contributed by atoms with Gasteiger partial charge in [0.1, 0.15) is 17.4 Å². The van der Waals surface area contributed by atoms with E-state index >= 15 is 0 Å². The molecule has 0 radical (unpaired) electrons. The number of benzene rings is 1. The van der Waals surface area contributed by atoms with E-state index in [2.05, 4.69) is 34.5 Å². The lowest BCUT2D eigenvalue weighted by Crippen LogP contribution is -2.32. The van der Waals surface area contributed by atoms with E-state index < -0.39 is 0 Å². The minimum atomic E-state index is -0.365. The lowest BCUT2D eigenvalue weighted by molar-refractivity contribution is -0.117. The number of amides is 1. The van der Waals surface area contributed by atoms with Crippen LogP contribution in [0.5, 0.6) is 0 Å². The predicted molar refractivity (Wildman–Crippen MR) is 98.7 cm³/mol. The number of nitriles is 1. The predicted octanol–water partition coefficient (Wildman–Crippen LogP) is 3.26. The molecular formula is C21H23N3O2. The number of rotatable bonds is 6. The van der Waals surface area contributed by atoms with Gasteiger partial charge in [0.25, 0.3) is 5.91 Å². The maximum Gasteiger partial charge on any atom is 0.263 e. The molecule has 5 heteroatoms. The Hall–Kier alpha value is -3.00. The Labute approximate surface area is 153 Å². The number of carbonyl (C=O) groups excluding carboxylic acids is 1. The standard InChI is InChI=1S/C21H23N3O2/c22-14-19(21(25)23-15-20-7-4-12-26-20)16-24-10-8-18(9-11-24)13-17-5-2-1-3-6-17/h1-7,12,16,18H,8-11,13,15H2,(H,23,25)/b19-16-. The average molecular weight is 349 g/mol. The lowest BCUT2D eigenvalue weighted by Gasteiger charge is -2.31. The van der Waals surface area contributed by atoms with Crippen LogP contribution in [0.1, 0.15) is 24.2 Å². The maximum absolute atomic E-state index is 12.2. The van der Waals surface area contributed by atoms with E-state index in [1.54, 1.807) is 24.6 Å². The number of nitrogens with one attached hydrogen (secondary N) is 1. The molecule has 0 unspecified atom stereocenters. The third kappa shape index (κ3) is 5.00. The van der Waals surface area contributed by atoms with E-state index in [0.29, 0.717) is 11.7 Å². The zero-order valence-corrected chi connectivity index (χ0v) is 14.7. The van der Waals surface area contributed by atoms with Gasteiger partial charge in [0.05, 0.1) is 12.8 Å². The quantitative estimate of drug-likeness (QED) is 0.642. The van der Waals surface area contributed by atoms with Gasteiger partial charge < -0.3 is 14.6 Å². The van der Waals surface area contributed by atoms with E-state index in [1.807, 2.05) is 12.1 Å². The van der Waals surface area contributed by atoms with Gasteiger partial charge in [-0.3, -0.25) is 4.79 Å². The van der Waals surface area contributed by atoms with Gasteiger partial charge in [0, 0.05) is 19.3 Å². The Morgan fingerprint density at radius 3 is 2.65 bits per heavy atom. The molecule has 1 aliphatic heterocycles. The highest BCUT2D eigenvalue weighted by Crippen LogP contribution is 2.22. The van der Waals surface area contributed by atoms with Crippen LogP contribution in [-0.2, 0) is 17.8 Å². The normalized spacial score (nSPS) is 15.5. The highest BCUT2D eigenvalue weighted by molar-refractivity contribution is 5.97. The van der Waals surface area contributed by atoms with E-state index in [1.165, 1.54) is 5.56 Å². The van der Waals surface area contributed by atoms with Crippen LogP contribution in [0.3, 0.4) is 0 Å². The van der Waals surface area contributed by atoms with Crippen molar-refractivity contribution >= 4 is 5.91 Å². The summed E-state index contributed by atoms with van der Waals surface area (Å²) in [4.78, 5) is 14.3. The monoisotopic (exact) mass is 349 g/mol. The van der Waals surface area contributed by atoms with Crippen LogP contribution in [0.4, 0.5) is 0 Å². The molecule has 5 nitrogen and oxygen atoms in total. The van der Waals surface area contributed by atoms with E-state index in [-0.39, 0.29) is 18.0 Å². The van der Waals surface area contributed by atoms with Crippen molar-refractivity contribution < 1.29 is 9.21 Å². The van der Waals surface area contributed by atoms with Crippen LogP contribution >= 0.6 is 0 Å². The summed E-state index contributed by atoms with van der Waals surface area (Å²) < 4.78 is 5.18. The number of hydrogen-bond donors (Lipinski definition) is 1. The second kappa shape index (κ2) is 8.91. The molecule has 1 aliphatic rings. The molecule has 1 amide bonds. The molecule has 3 rings (SSSR count). The zero-order valence-electron chi connectivity index (χ0n) is 14.7. The second-order valence-electron chi connectivity index (χ2n) is 6.59. The van der Waals surface area contributed by atoms with E-state index in [0.717, 1.165) is 32.4 Å². The minimum absolute atomic E-state index is 0.137. The summed E-state index contributed by atoms with van der Waals surface area (Å²) in [5, 5.41) is 12.0. The number of likely N-dealkylation sites (tertiary alicyclic amines) is 1. The van der Waals surface area contributed by atoms with E-state index in [4.69, 9.17) is 4.42 Å². The summed E-state index contributed by atoms with van der Waals surface area (Å²) in [5.41, 5.74) is 1.51. The maximum atomic E-state index is 12.2. The number of nitrogens with zero attached hydrogens (tertiary/aromatic N) is 2. The summed E-state index contributed by atoms with van der Waals surface area (Å²) in [6, 6.07) is 16.1. The van der Waals surface area contributed by atoms with Gasteiger partial charge in [0.2, 0.25) is 0 Å². The summed E-state index contributed by atoms with van der Waals surface area (Å²) in [5.74, 6) is 0.952. The number of carbonyl (C=O) groups is 1. The summed E-state index contributed by atoms with van der Waals surface area (Å²) in [7, 11) is 0. The molecule has 1 saturated heterocycles. The minimum Gasteiger partial charge on any atom is -0.467 e. The van der Waals surface area contributed by atoms with Crippen LogP contribution in [-0.4, -0.2) is 23.9 Å². The molecule has 1 fully saturated rings. The van der Waals surface area contributed by atoms with Gasteiger partial charge in [0.15, 0.2) is 0 Å². The highest BCUT2D eigenvalue weighted by atomic mass is 16.3. The average Bonchev–Trinajstić information content (AvgIpc) is 3.20.